The molecule has 6 heteroatoms. The molecule has 3 aromatic rings. The second-order valence-corrected chi connectivity index (χ2v) is 6.08. The summed E-state index contributed by atoms with van der Waals surface area (Å²) in [5.74, 6) is 6.12. The fraction of sp³-hybridized carbons (Fsp3) is 0.111. The molecule has 0 aliphatic rings. The van der Waals surface area contributed by atoms with Crippen molar-refractivity contribution in [1.82, 2.24) is 10.3 Å². The van der Waals surface area contributed by atoms with Crippen molar-refractivity contribution in [3.05, 3.63) is 58.6 Å². The molecule has 0 atom stereocenters. The van der Waals surface area contributed by atoms with E-state index in [0.29, 0.717) is 16.3 Å². The summed E-state index contributed by atoms with van der Waals surface area (Å²) >= 11 is 7.48. The van der Waals surface area contributed by atoms with Crippen molar-refractivity contribution in [3.63, 3.8) is 0 Å². The number of aromatic nitrogens is 1. The van der Waals surface area contributed by atoms with Gasteiger partial charge in [-0.25, -0.2) is 4.98 Å². The minimum atomic E-state index is -0.161. The molecule has 0 radical (unpaired) electrons. The van der Waals surface area contributed by atoms with Crippen LogP contribution in [0.1, 0.15) is 10.4 Å². The number of hydrogen-bond donors (Lipinski definition) is 1. The van der Waals surface area contributed by atoms with Crippen LogP contribution in [0, 0.1) is 11.8 Å². The zero-order valence-corrected chi connectivity index (χ0v) is 14.2. The molecule has 4 nitrogen and oxygen atoms in total. The van der Waals surface area contributed by atoms with E-state index in [-0.39, 0.29) is 19.1 Å². The molecule has 0 unspecified atom stereocenters. The number of carbonyl (C=O) groups is 1. The number of carbonyl (C=O) groups excluding carboxylic acids is 1. The van der Waals surface area contributed by atoms with Crippen LogP contribution in [-0.2, 0) is 0 Å². The molecule has 0 spiro atoms. The van der Waals surface area contributed by atoms with Crippen molar-refractivity contribution in [2.24, 2.45) is 0 Å². The minimum Gasteiger partial charge on any atom is -0.479 e. The predicted octanol–water partition coefficient (Wildman–Crippen LogP) is 3.76. The number of ether oxygens (including phenoxy) is 1. The molecule has 120 valence electrons. The van der Waals surface area contributed by atoms with Crippen molar-refractivity contribution in [1.29, 1.82) is 0 Å². The van der Waals surface area contributed by atoms with Gasteiger partial charge in [0.2, 0.25) is 0 Å². The van der Waals surface area contributed by atoms with Gasteiger partial charge in [0.25, 0.3) is 5.91 Å². The monoisotopic (exact) mass is 356 g/mol. The molecular weight excluding hydrogens is 344 g/mol. The van der Waals surface area contributed by atoms with Gasteiger partial charge in [-0.05, 0) is 30.3 Å². The van der Waals surface area contributed by atoms with E-state index in [0.717, 1.165) is 10.2 Å². The van der Waals surface area contributed by atoms with Crippen molar-refractivity contribution >= 4 is 39.1 Å². The number of thiazole rings is 1. The summed E-state index contributed by atoms with van der Waals surface area (Å²) in [6.45, 7) is 0.470. The van der Waals surface area contributed by atoms with Crippen LogP contribution < -0.4 is 10.1 Å². The van der Waals surface area contributed by atoms with Gasteiger partial charge in [0.05, 0.1) is 27.3 Å². The first-order valence-electron chi connectivity index (χ1n) is 7.18. The first-order valence-corrected chi connectivity index (χ1v) is 8.44. The molecule has 0 aliphatic heterocycles. The van der Waals surface area contributed by atoms with E-state index < -0.39 is 0 Å². The average molecular weight is 357 g/mol. The highest BCUT2D eigenvalue weighted by molar-refractivity contribution is 7.16. The molecule has 0 saturated carbocycles. The van der Waals surface area contributed by atoms with Crippen LogP contribution in [0.2, 0.25) is 5.02 Å². The third kappa shape index (κ3) is 4.05. The van der Waals surface area contributed by atoms with Crippen LogP contribution in [0.15, 0.2) is 48.0 Å². The van der Waals surface area contributed by atoms with E-state index in [1.807, 2.05) is 24.3 Å². The van der Waals surface area contributed by atoms with Gasteiger partial charge in [0.1, 0.15) is 12.4 Å². The average Bonchev–Trinajstić information content (AvgIpc) is 3.07. The zero-order valence-electron chi connectivity index (χ0n) is 12.6. The van der Waals surface area contributed by atoms with Crippen LogP contribution in [0.3, 0.4) is 0 Å². The van der Waals surface area contributed by atoms with Crippen LogP contribution >= 0.6 is 22.9 Å². The van der Waals surface area contributed by atoms with E-state index >= 15 is 0 Å². The molecule has 0 saturated heterocycles. The molecule has 0 bridgehead atoms. The Hall–Kier alpha value is -2.55. The predicted molar refractivity (Wildman–Crippen MR) is 96.7 cm³/mol. The normalized spacial score (nSPS) is 10.0. The molecule has 1 aromatic heterocycles. The number of nitrogens with zero attached hydrogens (tertiary/aromatic N) is 1. The first kappa shape index (κ1) is 16.3. The van der Waals surface area contributed by atoms with Gasteiger partial charge in [-0.3, -0.25) is 4.79 Å². The van der Waals surface area contributed by atoms with Gasteiger partial charge in [-0.1, -0.05) is 35.6 Å². The van der Waals surface area contributed by atoms with Crippen LogP contribution in [0.4, 0.5) is 0 Å². The van der Waals surface area contributed by atoms with Crippen molar-refractivity contribution in [2.75, 3.05) is 13.2 Å². The van der Waals surface area contributed by atoms with Crippen molar-refractivity contribution in [3.8, 4) is 17.6 Å². The smallest absolute Gasteiger partial charge is 0.252 e. The lowest BCUT2D eigenvalue weighted by Crippen LogP contribution is -2.23. The van der Waals surface area contributed by atoms with Crippen LogP contribution in [0.25, 0.3) is 10.2 Å². The second kappa shape index (κ2) is 7.82. The fourth-order valence-corrected chi connectivity index (χ4v) is 2.92. The number of hydrogen-bond acceptors (Lipinski definition) is 4. The SMILES string of the molecule is O=C(NCC#CCOc1ccccc1Cl)c1ccc2ncsc2c1. The molecule has 0 fully saturated rings. The third-order valence-corrected chi connectivity index (χ3v) is 4.30. The molecule has 0 aliphatic carbocycles. The maximum absolute atomic E-state index is 12.1. The number of rotatable bonds is 4. The fourth-order valence-electron chi connectivity index (χ4n) is 2.01. The summed E-state index contributed by atoms with van der Waals surface area (Å²) in [6.07, 6.45) is 0. The molecule has 1 heterocycles. The number of benzene rings is 2. The van der Waals surface area contributed by atoms with Crippen molar-refractivity contribution in [2.45, 2.75) is 0 Å². The quantitative estimate of drug-likeness (QED) is 0.724. The van der Waals surface area contributed by atoms with Crippen LogP contribution in [0.5, 0.6) is 5.75 Å². The Kier molecular flexibility index (Phi) is 5.32. The number of amides is 1. The maximum atomic E-state index is 12.1. The summed E-state index contributed by atoms with van der Waals surface area (Å²) in [4.78, 5) is 16.3. The highest BCUT2D eigenvalue weighted by atomic mass is 35.5. The summed E-state index contributed by atoms with van der Waals surface area (Å²) < 4.78 is 6.43. The molecule has 1 N–H and O–H groups in total. The highest BCUT2D eigenvalue weighted by Gasteiger charge is 2.06. The lowest BCUT2D eigenvalue weighted by molar-refractivity contribution is 0.0959. The second-order valence-electron chi connectivity index (χ2n) is 4.79. The van der Waals surface area contributed by atoms with E-state index in [1.54, 1.807) is 23.7 Å². The van der Waals surface area contributed by atoms with Gasteiger partial charge in [0, 0.05) is 5.56 Å². The van der Waals surface area contributed by atoms with Crippen molar-refractivity contribution < 1.29 is 9.53 Å². The first-order chi connectivity index (χ1) is 11.7. The minimum absolute atomic E-state index is 0.161. The summed E-state index contributed by atoms with van der Waals surface area (Å²) in [5.41, 5.74) is 3.26. The number of fused-ring (bicyclic) bond motifs is 1. The Bertz CT molecular complexity index is 927. The molecule has 2 aromatic carbocycles. The third-order valence-electron chi connectivity index (χ3n) is 3.19. The lowest BCUT2D eigenvalue weighted by Gasteiger charge is -2.03. The summed E-state index contributed by atoms with van der Waals surface area (Å²) in [5, 5.41) is 3.30. The van der Waals surface area contributed by atoms with Gasteiger partial charge < -0.3 is 10.1 Å². The maximum Gasteiger partial charge on any atom is 0.252 e. The largest absolute Gasteiger partial charge is 0.479 e. The zero-order chi connectivity index (χ0) is 16.8. The Morgan fingerprint density at radius 2 is 2.12 bits per heavy atom. The molecule has 24 heavy (non-hydrogen) atoms. The van der Waals surface area contributed by atoms with E-state index in [1.165, 1.54) is 11.3 Å². The molecule has 1 amide bonds. The number of nitrogens with one attached hydrogen (secondary N) is 1. The van der Waals surface area contributed by atoms with Gasteiger partial charge >= 0.3 is 0 Å². The number of halogens is 1. The Labute approximate surface area is 148 Å². The van der Waals surface area contributed by atoms with E-state index in [4.69, 9.17) is 16.3 Å². The highest BCUT2D eigenvalue weighted by Crippen LogP contribution is 2.22. The summed E-state index contributed by atoms with van der Waals surface area (Å²) in [7, 11) is 0. The Balaban J connectivity index is 1.48. The standard InChI is InChI=1S/C18H13ClN2O2S/c19-14-5-1-2-6-16(14)23-10-4-3-9-20-18(22)13-7-8-15-17(11-13)24-12-21-15/h1-2,5-8,11-12H,9-10H2,(H,20,22). The van der Waals surface area contributed by atoms with E-state index in [2.05, 4.69) is 22.1 Å². The van der Waals surface area contributed by atoms with Gasteiger partial charge in [0.15, 0.2) is 0 Å². The van der Waals surface area contributed by atoms with E-state index in [9.17, 15) is 4.79 Å². The topological polar surface area (TPSA) is 51.2 Å². The lowest BCUT2D eigenvalue weighted by atomic mass is 10.2. The number of para-hydroxylation sites is 1. The van der Waals surface area contributed by atoms with Gasteiger partial charge in [-0.2, -0.15) is 0 Å². The Morgan fingerprint density at radius 3 is 3.00 bits per heavy atom. The molecule has 3 rings (SSSR count). The molecular formula is C18H13ClN2O2S. The van der Waals surface area contributed by atoms with Gasteiger partial charge in [-0.15, -0.1) is 11.3 Å². The summed E-state index contributed by atoms with van der Waals surface area (Å²) in [6, 6.07) is 12.6. The Morgan fingerprint density at radius 1 is 1.25 bits per heavy atom. The van der Waals surface area contributed by atoms with Crippen LogP contribution in [-0.4, -0.2) is 24.0 Å².